The van der Waals surface area contributed by atoms with E-state index in [4.69, 9.17) is 0 Å². The van der Waals surface area contributed by atoms with Crippen LogP contribution in [0.4, 0.5) is 0 Å². The lowest BCUT2D eigenvalue weighted by atomic mass is 10.2. The maximum Gasteiger partial charge on any atom is 0.246 e. The Bertz CT molecular complexity index is 514. The van der Waals surface area contributed by atoms with Crippen molar-refractivity contribution in [3.05, 3.63) is 12.4 Å². The Hall–Kier alpha value is -0.880. The Morgan fingerprint density at radius 3 is 1.96 bits per heavy atom. The van der Waals surface area contributed by atoms with Gasteiger partial charge in [-0.15, -0.1) is 0 Å². The number of nitrogens with zero attached hydrogens (tertiary/aromatic N) is 3. The zero-order valence-electron chi connectivity index (χ0n) is 15.0. The summed E-state index contributed by atoms with van der Waals surface area (Å²) < 4.78 is 29.1. The smallest absolute Gasteiger partial charge is 0.246 e. The molecule has 134 valence electrons. The van der Waals surface area contributed by atoms with Crippen LogP contribution in [0.25, 0.3) is 0 Å². The van der Waals surface area contributed by atoms with E-state index in [1.54, 1.807) is 15.2 Å². The van der Waals surface area contributed by atoms with Gasteiger partial charge in [-0.2, -0.15) is 9.40 Å². The highest BCUT2D eigenvalue weighted by molar-refractivity contribution is 7.89. The number of rotatable bonds is 13. The van der Waals surface area contributed by atoms with Crippen LogP contribution in [0.2, 0.25) is 0 Å². The molecule has 0 fully saturated rings. The molecule has 1 rings (SSSR count). The molecule has 0 aliphatic heterocycles. The van der Waals surface area contributed by atoms with Crippen LogP contribution in [-0.4, -0.2) is 35.6 Å². The van der Waals surface area contributed by atoms with E-state index in [9.17, 15) is 8.42 Å². The van der Waals surface area contributed by atoms with Crippen LogP contribution >= 0.6 is 0 Å². The van der Waals surface area contributed by atoms with E-state index in [1.807, 2.05) is 6.92 Å². The number of hydrogen-bond donors (Lipinski definition) is 0. The molecule has 0 saturated heterocycles. The monoisotopic (exact) mass is 343 g/mol. The van der Waals surface area contributed by atoms with Crippen LogP contribution in [0, 0.1) is 0 Å². The molecule has 0 spiro atoms. The summed E-state index contributed by atoms with van der Waals surface area (Å²) in [5.41, 5.74) is 0. The molecule has 1 aromatic heterocycles. The molecule has 0 saturated carbocycles. The Morgan fingerprint density at radius 2 is 1.52 bits per heavy atom. The third-order valence-electron chi connectivity index (χ3n) is 4.09. The van der Waals surface area contributed by atoms with Gasteiger partial charge in [-0.1, -0.05) is 52.4 Å². The van der Waals surface area contributed by atoms with Crippen LogP contribution in [0.3, 0.4) is 0 Å². The van der Waals surface area contributed by atoms with Gasteiger partial charge in [-0.25, -0.2) is 8.42 Å². The first-order valence-electron chi connectivity index (χ1n) is 9.08. The van der Waals surface area contributed by atoms with Crippen molar-refractivity contribution in [3.8, 4) is 0 Å². The molecule has 0 bridgehead atoms. The highest BCUT2D eigenvalue weighted by atomic mass is 32.2. The SMILES string of the molecule is CCCCCCN(CCCCCC)S(=O)(=O)c1cnn(CC)c1. The average Bonchev–Trinajstić information content (AvgIpc) is 3.03. The summed E-state index contributed by atoms with van der Waals surface area (Å²) in [5.74, 6) is 0. The number of sulfonamides is 1. The van der Waals surface area contributed by atoms with Crippen molar-refractivity contribution in [2.24, 2.45) is 0 Å². The minimum absolute atomic E-state index is 0.324. The first-order chi connectivity index (χ1) is 11.1. The van der Waals surface area contributed by atoms with Gasteiger partial charge in [0.1, 0.15) is 4.90 Å². The van der Waals surface area contributed by atoms with Crippen LogP contribution < -0.4 is 0 Å². The molecule has 0 atom stereocenters. The van der Waals surface area contributed by atoms with Gasteiger partial charge in [0, 0.05) is 25.8 Å². The molecule has 1 aromatic rings. The van der Waals surface area contributed by atoms with Gasteiger partial charge in [0.05, 0.1) is 6.20 Å². The molecular formula is C17H33N3O2S. The first-order valence-corrected chi connectivity index (χ1v) is 10.5. The van der Waals surface area contributed by atoms with Gasteiger partial charge in [-0.3, -0.25) is 4.68 Å². The van der Waals surface area contributed by atoms with E-state index in [1.165, 1.54) is 6.20 Å². The normalized spacial score (nSPS) is 12.2. The summed E-state index contributed by atoms with van der Waals surface area (Å²) in [7, 11) is -3.41. The van der Waals surface area contributed by atoms with Crippen molar-refractivity contribution in [2.75, 3.05) is 13.1 Å². The summed E-state index contributed by atoms with van der Waals surface area (Å²) >= 11 is 0. The van der Waals surface area contributed by atoms with Gasteiger partial charge < -0.3 is 0 Å². The maximum absolute atomic E-state index is 12.9. The summed E-state index contributed by atoms with van der Waals surface area (Å²) in [5, 5.41) is 4.11. The second kappa shape index (κ2) is 10.8. The zero-order chi connectivity index (χ0) is 17.1. The molecule has 0 unspecified atom stereocenters. The Morgan fingerprint density at radius 1 is 0.957 bits per heavy atom. The van der Waals surface area contributed by atoms with E-state index in [0.717, 1.165) is 51.4 Å². The predicted molar refractivity (Wildman–Crippen MR) is 94.9 cm³/mol. The fraction of sp³-hybridized carbons (Fsp3) is 0.824. The van der Waals surface area contributed by atoms with E-state index < -0.39 is 10.0 Å². The van der Waals surface area contributed by atoms with Gasteiger partial charge in [0.25, 0.3) is 0 Å². The van der Waals surface area contributed by atoms with Gasteiger partial charge in [0.2, 0.25) is 10.0 Å². The quantitative estimate of drug-likeness (QED) is 0.508. The highest BCUT2D eigenvalue weighted by Crippen LogP contribution is 2.17. The molecule has 6 heteroatoms. The van der Waals surface area contributed by atoms with Crippen molar-refractivity contribution in [1.82, 2.24) is 14.1 Å². The topological polar surface area (TPSA) is 55.2 Å². The molecule has 0 amide bonds. The van der Waals surface area contributed by atoms with Crippen LogP contribution in [0.15, 0.2) is 17.3 Å². The van der Waals surface area contributed by atoms with Gasteiger partial charge >= 0.3 is 0 Å². The zero-order valence-corrected chi connectivity index (χ0v) is 15.8. The van der Waals surface area contributed by atoms with Crippen LogP contribution in [-0.2, 0) is 16.6 Å². The van der Waals surface area contributed by atoms with E-state index in [0.29, 0.717) is 24.5 Å². The van der Waals surface area contributed by atoms with Crippen molar-refractivity contribution in [3.63, 3.8) is 0 Å². The second-order valence-electron chi connectivity index (χ2n) is 6.06. The van der Waals surface area contributed by atoms with Crippen molar-refractivity contribution >= 4 is 10.0 Å². The second-order valence-corrected chi connectivity index (χ2v) is 8.00. The third-order valence-corrected chi connectivity index (χ3v) is 5.94. The third kappa shape index (κ3) is 6.63. The maximum atomic E-state index is 12.9. The fourth-order valence-corrected chi connectivity index (χ4v) is 4.05. The van der Waals surface area contributed by atoms with Gasteiger partial charge in [-0.05, 0) is 19.8 Å². The fourth-order valence-electron chi connectivity index (χ4n) is 2.58. The van der Waals surface area contributed by atoms with Crippen LogP contribution in [0.1, 0.15) is 72.1 Å². The Labute approximate surface area is 142 Å². The largest absolute Gasteiger partial charge is 0.272 e. The van der Waals surface area contributed by atoms with E-state index in [-0.39, 0.29) is 0 Å². The molecule has 5 nitrogen and oxygen atoms in total. The summed E-state index contributed by atoms with van der Waals surface area (Å²) in [4.78, 5) is 0.324. The highest BCUT2D eigenvalue weighted by Gasteiger charge is 2.25. The lowest BCUT2D eigenvalue weighted by Crippen LogP contribution is -2.33. The summed E-state index contributed by atoms with van der Waals surface area (Å²) in [6, 6.07) is 0. The molecule has 1 heterocycles. The van der Waals surface area contributed by atoms with Crippen molar-refractivity contribution < 1.29 is 8.42 Å². The predicted octanol–water partition coefficient (Wildman–Crippen LogP) is 4.05. The van der Waals surface area contributed by atoms with E-state index in [2.05, 4.69) is 18.9 Å². The molecule has 0 N–H and O–H groups in total. The number of aromatic nitrogens is 2. The van der Waals surface area contributed by atoms with Crippen LogP contribution in [0.5, 0.6) is 0 Å². The average molecular weight is 344 g/mol. The lowest BCUT2D eigenvalue weighted by Gasteiger charge is -2.21. The van der Waals surface area contributed by atoms with Crippen molar-refractivity contribution in [1.29, 1.82) is 0 Å². The first kappa shape index (κ1) is 20.2. The molecule has 0 aliphatic carbocycles. The number of unbranched alkanes of at least 4 members (excludes halogenated alkanes) is 6. The number of hydrogen-bond acceptors (Lipinski definition) is 3. The Balaban J connectivity index is 2.73. The molecule has 23 heavy (non-hydrogen) atoms. The molecule has 0 aliphatic rings. The minimum atomic E-state index is -3.41. The van der Waals surface area contributed by atoms with E-state index >= 15 is 0 Å². The number of aryl methyl sites for hydroxylation is 1. The molecule has 0 aromatic carbocycles. The molecular weight excluding hydrogens is 310 g/mol. The van der Waals surface area contributed by atoms with Gasteiger partial charge in [0.15, 0.2) is 0 Å². The minimum Gasteiger partial charge on any atom is -0.272 e. The Kier molecular flexibility index (Phi) is 9.48. The van der Waals surface area contributed by atoms with Crippen molar-refractivity contribution in [2.45, 2.75) is 83.6 Å². The lowest BCUT2D eigenvalue weighted by molar-refractivity contribution is 0.385. The summed E-state index contributed by atoms with van der Waals surface area (Å²) in [6.45, 7) is 8.20. The standard InChI is InChI=1S/C17H33N3O2S/c1-4-7-9-11-13-20(14-12-10-8-5-2)23(21,22)17-15-18-19(6-3)16-17/h15-16H,4-14H2,1-3H3. The molecule has 0 radical (unpaired) electrons. The summed E-state index contributed by atoms with van der Waals surface area (Å²) in [6.07, 6.45) is 11.8.